The zero-order chi connectivity index (χ0) is 13.0. The van der Waals surface area contributed by atoms with Crippen LogP contribution in [0.2, 0.25) is 0 Å². The van der Waals surface area contributed by atoms with Crippen LogP contribution in [0.4, 0.5) is 0 Å². The van der Waals surface area contributed by atoms with Gasteiger partial charge in [-0.2, -0.15) is 5.10 Å². The Labute approximate surface area is 107 Å². The normalized spacial score (nSPS) is 11.6. The largest absolute Gasteiger partial charge is 0.273 e. The van der Waals surface area contributed by atoms with E-state index in [0.717, 1.165) is 5.69 Å². The second-order valence-corrected chi connectivity index (χ2v) is 5.67. The first-order valence-electron chi connectivity index (χ1n) is 5.61. The highest BCUT2D eigenvalue weighted by molar-refractivity contribution is 7.89. The van der Waals surface area contributed by atoms with Crippen molar-refractivity contribution in [2.45, 2.75) is 11.3 Å². The summed E-state index contributed by atoms with van der Waals surface area (Å²) >= 11 is 0. The smallest absolute Gasteiger partial charge is 0.240 e. The van der Waals surface area contributed by atoms with Crippen LogP contribution in [0.5, 0.6) is 0 Å². The Hall–Kier alpha value is -1.66. The van der Waals surface area contributed by atoms with Gasteiger partial charge >= 0.3 is 0 Å². The summed E-state index contributed by atoms with van der Waals surface area (Å²) in [6, 6.07) is 10.2. The molecule has 96 valence electrons. The Balaban J connectivity index is 1.97. The quantitative estimate of drug-likeness (QED) is 0.875. The summed E-state index contributed by atoms with van der Waals surface area (Å²) in [4.78, 5) is 0.287. The molecule has 0 unspecified atom stereocenters. The van der Waals surface area contributed by atoms with Gasteiger partial charge in [0.25, 0.3) is 0 Å². The molecule has 1 aromatic heterocycles. The van der Waals surface area contributed by atoms with Crippen LogP contribution >= 0.6 is 0 Å². The molecular formula is C12H15N3O2S. The Morgan fingerprint density at radius 3 is 2.56 bits per heavy atom. The van der Waals surface area contributed by atoms with E-state index in [-0.39, 0.29) is 4.90 Å². The topological polar surface area (TPSA) is 64.0 Å². The molecule has 1 heterocycles. The third-order valence-corrected chi connectivity index (χ3v) is 4.13. The molecule has 0 amide bonds. The first-order valence-corrected chi connectivity index (χ1v) is 7.09. The number of hydrogen-bond acceptors (Lipinski definition) is 3. The van der Waals surface area contributed by atoms with Gasteiger partial charge in [0.05, 0.1) is 4.90 Å². The third-order valence-electron chi connectivity index (χ3n) is 2.65. The number of nitrogens with one attached hydrogen (secondary N) is 1. The molecule has 1 aromatic carbocycles. The minimum atomic E-state index is -3.41. The maximum absolute atomic E-state index is 11.9. The molecule has 18 heavy (non-hydrogen) atoms. The van der Waals surface area contributed by atoms with Crippen LogP contribution in [0.3, 0.4) is 0 Å². The summed E-state index contributed by atoms with van der Waals surface area (Å²) in [5.74, 6) is 0. The highest BCUT2D eigenvalue weighted by Gasteiger charge is 2.12. The zero-order valence-corrected chi connectivity index (χ0v) is 10.9. The fraction of sp³-hybridized carbons (Fsp3) is 0.250. The fourth-order valence-electron chi connectivity index (χ4n) is 1.64. The van der Waals surface area contributed by atoms with Gasteiger partial charge in [-0.3, -0.25) is 4.68 Å². The molecule has 0 fully saturated rings. The molecule has 0 spiro atoms. The number of aromatic nitrogens is 2. The fourth-order valence-corrected chi connectivity index (χ4v) is 2.70. The van der Waals surface area contributed by atoms with Gasteiger partial charge in [-0.1, -0.05) is 18.2 Å². The first-order chi connectivity index (χ1) is 8.59. The van der Waals surface area contributed by atoms with Gasteiger partial charge in [0.1, 0.15) is 0 Å². The number of rotatable bonds is 5. The minimum Gasteiger partial charge on any atom is -0.273 e. The predicted octanol–water partition coefficient (Wildman–Crippen LogP) is 0.941. The highest BCUT2D eigenvalue weighted by Crippen LogP contribution is 2.07. The van der Waals surface area contributed by atoms with Crippen molar-refractivity contribution in [3.63, 3.8) is 0 Å². The lowest BCUT2D eigenvalue weighted by Gasteiger charge is -2.06. The van der Waals surface area contributed by atoms with Crippen LogP contribution in [0.15, 0.2) is 47.5 Å². The number of sulfonamides is 1. The van der Waals surface area contributed by atoms with E-state index in [2.05, 4.69) is 9.82 Å². The number of hydrogen-bond donors (Lipinski definition) is 1. The van der Waals surface area contributed by atoms with Crippen LogP contribution in [0.25, 0.3) is 0 Å². The number of nitrogens with zero attached hydrogens (tertiary/aromatic N) is 2. The molecule has 0 atom stereocenters. The molecule has 0 aliphatic heterocycles. The van der Waals surface area contributed by atoms with Crippen LogP contribution in [0, 0.1) is 0 Å². The Morgan fingerprint density at radius 1 is 1.22 bits per heavy atom. The average Bonchev–Trinajstić information content (AvgIpc) is 2.76. The Bertz CT molecular complexity index is 605. The second kappa shape index (κ2) is 5.32. The van der Waals surface area contributed by atoms with Gasteiger partial charge in [0.2, 0.25) is 10.0 Å². The lowest BCUT2D eigenvalue weighted by molar-refractivity contribution is 0.579. The lowest BCUT2D eigenvalue weighted by atomic mass is 10.3. The van der Waals surface area contributed by atoms with Crippen molar-refractivity contribution in [3.8, 4) is 0 Å². The molecule has 0 aliphatic rings. The molecular weight excluding hydrogens is 250 g/mol. The van der Waals surface area contributed by atoms with Crippen molar-refractivity contribution in [2.75, 3.05) is 6.54 Å². The summed E-state index contributed by atoms with van der Waals surface area (Å²) in [6.07, 6.45) is 2.31. The van der Waals surface area contributed by atoms with Gasteiger partial charge in [-0.15, -0.1) is 0 Å². The van der Waals surface area contributed by atoms with E-state index in [1.165, 1.54) is 0 Å². The van der Waals surface area contributed by atoms with E-state index in [1.54, 1.807) is 41.2 Å². The van der Waals surface area contributed by atoms with Gasteiger partial charge in [-0.25, -0.2) is 13.1 Å². The predicted molar refractivity (Wildman–Crippen MR) is 68.5 cm³/mol. The van der Waals surface area contributed by atoms with Crippen LogP contribution in [-0.2, 0) is 23.5 Å². The molecule has 0 aliphatic carbocycles. The monoisotopic (exact) mass is 265 g/mol. The molecule has 0 bridgehead atoms. The maximum atomic E-state index is 11.9. The third kappa shape index (κ3) is 2.96. The van der Waals surface area contributed by atoms with Crippen LogP contribution < -0.4 is 4.72 Å². The van der Waals surface area contributed by atoms with Crippen LogP contribution in [-0.4, -0.2) is 24.7 Å². The van der Waals surface area contributed by atoms with Crippen molar-refractivity contribution in [1.29, 1.82) is 0 Å². The standard InChI is InChI=1S/C12H15N3O2S/c1-15-11(7-9-13-15)8-10-14-18(16,17)12-5-3-2-4-6-12/h2-7,9,14H,8,10H2,1H3. The van der Waals surface area contributed by atoms with Gasteiger partial charge < -0.3 is 0 Å². The van der Waals surface area contributed by atoms with Crippen LogP contribution in [0.1, 0.15) is 5.69 Å². The van der Waals surface area contributed by atoms with Crippen molar-refractivity contribution in [1.82, 2.24) is 14.5 Å². The van der Waals surface area contributed by atoms with Crippen molar-refractivity contribution < 1.29 is 8.42 Å². The Morgan fingerprint density at radius 2 is 1.94 bits per heavy atom. The molecule has 1 N–H and O–H groups in total. The van der Waals surface area contributed by atoms with Crippen molar-refractivity contribution >= 4 is 10.0 Å². The van der Waals surface area contributed by atoms with E-state index in [1.807, 2.05) is 13.1 Å². The maximum Gasteiger partial charge on any atom is 0.240 e. The molecule has 0 saturated carbocycles. The van der Waals surface area contributed by atoms with Gasteiger partial charge in [0, 0.05) is 31.9 Å². The van der Waals surface area contributed by atoms with E-state index >= 15 is 0 Å². The minimum absolute atomic E-state index is 0.287. The lowest BCUT2D eigenvalue weighted by Crippen LogP contribution is -2.26. The van der Waals surface area contributed by atoms with E-state index in [9.17, 15) is 8.42 Å². The van der Waals surface area contributed by atoms with Crippen molar-refractivity contribution in [3.05, 3.63) is 48.3 Å². The molecule has 2 aromatic rings. The molecule has 6 heteroatoms. The average molecular weight is 265 g/mol. The summed E-state index contributed by atoms with van der Waals surface area (Å²) < 4.78 is 28.1. The molecule has 0 radical (unpaired) electrons. The van der Waals surface area contributed by atoms with Gasteiger partial charge in [0.15, 0.2) is 0 Å². The van der Waals surface area contributed by atoms with E-state index in [4.69, 9.17) is 0 Å². The Kier molecular flexibility index (Phi) is 3.78. The molecule has 2 rings (SSSR count). The van der Waals surface area contributed by atoms with Gasteiger partial charge in [-0.05, 0) is 18.2 Å². The number of aryl methyl sites for hydroxylation is 1. The summed E-state index contributed by atoms with van der Waals surface area (Å²) in [7, 11) is -1.57. The SMILES string of the molecule is Cn1nccc1CCNS(=O)(=O)c1ccccc1. The summed E-state index contributed by atoms with van der Waals surface area (Å²) in [5, 5.41) is 4.03. The molecule has 0 saturated heterocycles. The van der Waals surface area contributed by atoms with E-state index < -0.39 is 10.0 Å². The van der Waals surface area contributed by atoms with E-state index in [0.29, 0.717) is 13.0 Å². The van der Waals surface area contributed by atoms with Crippen molar-refractivity contribution in [2.24, 2.45) is 7.05 Å². The first kappa shape index (κ1) is 12.8. The zero-order valence-electron chi connectivity index (χ0n) is 10.1. The molecule has 5 nitrogen and oxygen atoms in total. The summed E-state index contributed by atoms with van der Waals surface area (Å²) in [6.45, 7) is 0.358. The highest BCUT2D eigenvalue weighted by atomic mass is 32.2. The summed E-state index contributed by atoms with van der Waals surface area (Å²) in [5.41, 5.74) is 0.991. The number of benzene rings is 1. The second-order valence-electron chi connectivity index (χ2n) is 3.91.